The zero-order valence-corrected chi connectivity index (χ0v) is 30.4. The smallest absolute Gasteiger partial charge is 0.282 e. The van der Waals surface area contributed by atoms with Gasteiger partial charge < -0.3 is 14.1 Å². The summed E-state index contributed by atoms with van der Waals surface area (Å²) in [6.07, 6.45) is 5.80. The van der Waals surface area contributed by atoms with Gasteiger partial charge in [-0.1, -0.05) is 55.9 Å². The van der Waals surface area contributed by atoms with Crippen molar-refractivity contribution in [3.05, 3.63) is 89.5 Å². The molecule has 1 aliphatic rings. The molecule has 1 radical (unpaired) electrons. The van der Waals surface area contributed by atoms with Crippen LogP contribution in [-0.2, 0) is 32.7 Å². The van der Waals surface area contributed by atoms with Crippen LogP contribution in [0.3, 0.4) is 0 Å². The summed E-state index contributed by atoms with van der Waals surface area (Å²) in [5, 5.41) is 2.44. The first-order chi connectivity index (χ1) is 20.3. The molecular formula is C36H46N4OSY+2. The Labute approximate surface area is 288 Å². The second kappa shape index (κ2) is 15.1. The fourth-order valence-electron chi connectivity index (χ4n) is 6.07. The summed E-state index contributed by atoms with van der Waals surface area (Å²) in [5.41, 5.74) is 4.79. The quantitative estimate of drug-likeness (QED) is 0.113. The molecule has 0 atom stereocenters. The number of benzene rings is 3. The van der Waals surface area contributed by atoms with Crippen molar-refractivity contribution in [3.8, 4) is 11.4 Å². The van der Waals surface area contributed by atoms with Crippen molar-refractivity contribution < 1.29 is 46.5 Å². The predicted molar refractivity (Wildman–Crippen MR) is 180 cm³/mol. The van der Waals surface area contributed by atoms with Crippen molar-refractivity contribution in [1.29, 1.82) is 0 Å². The Morgan fingerprint density at radius 3 is 2.35 bits per heavy atom. The maximum absolute atomic E-state index is 5.76. The first kappa shape index (κ1) is 33.5. The summed E-state index contributed by atoms with van der Waals surface area (Å²) >= 11 is 1.84. The minimum Gasteiger partial charge on any atom is -0.497 e. The molecular weight excluding hydrogens is 625 g/mol. The number of hydrogen-bond acceptors (Lipinski definition) is 4. The van der Waals surface area contributed by atoms with E-state index in [4.69, 9.17) is 4.74 Å². The second-order valence-corrected chi connectivity index (χ2v) is 12.9. The van der Waals surface area contributed by atoms with Gasteiger partial charge in [0.2, 0.25) is 0 Å². The van der Waals surface area contributed by atoms with Gasteiger partial charge in [-0.05, 0) is 60.9 Å². The van der Waals surface area contributed by atoms with Crippen molar-refractivity contribution >= 4 is 40.2 Å². The molecule has 1 aromatic heterocycles. The van der Waals surface area contributed by atoms with E-state index < -0.39 is 0 Å². The van der Waals surface area contributed by atoms with Crippen LogP contribution in [0.1, 0.15) is 38.7 Å². The normalized spacial score (nSPS) is 13.7. The number of para-hydroxylation sites is 2. The molecule has 2 heterocycles. The number of pyridine rings is 1. The van der Waals surface area contributed by atoms with E-state index in [0.717, 1.165) is 53.9 Å². The molecule has 4 aromatic rings. The first-order valence-electron chi connectivity index (χ1n) is 15.3. The largest absolute Gasteiger partial charge is 0.497 e. The second-order valence-electron chi connectivity index (χ2n) is 11.8. The Hall–Kier alpha value is -2.38. The Morgan fingerprint density at radius 2 is 1.65 bits per heavy atom. The van der Waals surface area contributed by atoms with Gasteiger partial charge in [0, 0.05) is 68.6 Å². The van der Waals surface area contributed by atoms with Crippen molar-refractivity contribution in [3.63, 3.8) is 0 Å². The average molecular weight is 672 g/mol. The van der Waals surface area contributed by atoms with E-state index in [1.165, 1.54) is 45.3 Å². The van der Waals surface area contributed by atoms with Crippen LogP contribution in [0.25, 0.3) is 22.7 Å². The summed E-state index contributed by atoms with van der Waals surface area (Å²) in [6.45, 7) is 8.95. The van der Waals surface area contributed by atoms with Crippen molar-refractivity contribution in [1.82, 2.24) is 0 Å². The molecule has 223 valence electrons. The number of ether oxygens (including phenoxy) is 1. The van der Waals surface area contributed by atoms with Gasteiger partial charge in [-0.2, -0.15) is 4.57 Å². The van der Waals surface area contributed by atoms with Crippen LogP contribution in [0.5, 0.6) is 5.75 Å². The van der Waals surface area contributed by atoms with E-state index >= 15 is 0 Å². The SMILES string of the molecule is CCCN(CCC[N+](C)(C)CCC)c1cc(C=C2Sc3ccccc3N2C)c2ccc(OC)cc2[n+]1-c1ccccc1.[Y]. The van der Waals surface area contributed by atoms with Crippen LogP contribution in [0.4, 0.5) is 11.5 Å². The van der Waals surface area contributed by atoms with Crippen LogP contribution < -0.4 is 19.1 Å². The van der Waals surface area contributed by atoms with E-state index in [1.807, 2.05) is 11.8 Å². The molecule has 43 heavy (non-hydrogen) atoms. The maximum atomic E-state index is 5.76. The number of aromatic nitrogens is 1. The van der Waals surface area contributed by atoms with Gasteiger partial charge in [0.1, 0.15) is 17.0 Å². The van der Waals surface area contributed by atoms with Gasteiger partial charge in [0.05, 0.1) is 58.1 Å². The molecule has 5 rings (SSSR count). The monoisotopic (exact) mass is 671 g/mol. The molecule has 0 unspecified atom stereocenters. The first-order valence-corrected chi connectivity index (χ1v) is 16.1. The average Bonchev–Trinajstić information content (AvgIpc) is 3.31. The van der Waals surface area contributed by atoms with Crippen LogP contribution in [0, 0.1) is 0 Å². The van der Waals surface area contributed by atoms with Crippen molar-refractivity contribution in [2.45, 2.75) is 38.0 Å². The molecule has 0 fully saturated rings. The summed E-state index contributed by atoms with van der Waals surface area (Å²) in [7, 11) is 8.64. The fourth-order valence-corrected chi connectivity index (χ4v) is 7.17. The van der Waals surface area contributed by atoms with Gasteiger partial charge >= 0.3 is 0 Å². The van der Waals surface area contributed by atoms with Gasteiger partial charge in [0.25, 0.3) is 5.82 Å². The third-order valence-electron chi connectivity index (χ3n) is 8.17. The van der Waals surface area contributed by atoms with Crippen molar-refractivity contribution in [2.24, 2.45) is 0 Å². The molecule has 0 amide bonds. The molecule has 7 heteroatoms. The minimum atomic E-state index is 0. The zero-order valence-electron chi connectivity index (χ0n) is 26.7. The summed E-state index contributed by atoms with van der Waals surface area (Å²) in [6, 6.07) is 28.3. The van der Waals surface area contributed by atoms with Gasteiger partial charge in [0.15, 0.2) is 0 Å². The molecule has 3 aromatic carbocycles. The molecule has 0 spiro atoms. The minimum absolute atomic E-state index is 0. The van der Waals surface area contributed by atoms with Crippen LogP contribution >= 0.6 is 11.8 Å². The predicted octanol–water partition coefficient (Wildman–Crippen LogP) is 7.76. The molecule has 5 nitrogen and oxygen atoms in total. The van der Waals surface area contributed by atoms with Crippen molar-refractivity contribution in [2.75, 3.05) is 64.2 Å². The third kappa shape index (κ3) is 7.65. The van der Waals surface area contributed by atoms with E-state index in [1.54, 1.807) is 7.11 Å². The Morgan fingerprint density at radius 1 is 0.907 bits per heavy atom. The third-order valence-corrected chi connectivity index (χ3v) is 9.34. The molecule has 1 aliphatic heterocycles. The van der Waals surface area contributed by atoms with Crippen LogP contribution in [0.15, 0.2) is 88.8 Å². The van der Waals surface area contributed by atoms with Gasteiger partial charge in [-0.15, -0.1) is 0 Å². The standard InChI is InChI=1S/C36H46N4OS.Y/c1-7-21-38(22-14-24-40(4,5)23-8-2)35-25-28(26-36-37(3)32-17-12-13-18-34(32)42-36)31-20-19-30(41-6)27-33(31)39(35)29-15-10-9-11-16-29;/h9-13,15-20,25-27H,7-8,14,21-24H2,1-6H3;/q+2;. The summed E-state index contributed by atoms with van der Waals surface area (Å²) < 4.78 is 9.26. The molecule has 0 aliphatic carbocycles. The zero-order chi connectivity index (χ0) is 29.7. The van der Waals surface area contributed by atoms with Gasteiger partial charge in [-0.25, -0.2) is 0 Å². The number of rotatable bonds is 12. The molecule has 0 saturated carbocycles. The number of quaternary nitrogens is 1. The molecule has 0 bridgehead atoms. The Bertz CT molecular complexity index is 1560. The van der Waals surface area contributed by atoms with Crippen LogP contribution in [-0.4, -0.2) is 58.9 Å². The molecule has 0 N–H and O–H groups in total. The van der Waals surface area contributed by atoms with E-state index in [0.29, 0.717) is 0 Å². The van der Waals surface area contributed by atoms with E-state index in [2.05, 4.69) is 134 Å². The summed E-state index contributed by atoms with van der Waals surface area (Å²) in [5.74, 6) is 2.09. The number of methoxy groups -OCH3 is 1. The van der Waals surface area contributed by atoms with E-state index in [9.17, 15) is 0 Å². The number of nitrogens with zero attached hydrogens (tertiary/aromatic N) is 4. The summed E-state index contributed by atoms with van der Waals surface area (Å²) in [4.78, 5) is 6.21. The Balaban J connectivity index is 0.00000423. The number of thioether (sulfide) groups is 1. The number of fused-ring (bicyclic) bond motifs is 2. The van der Waals surface area contributed by atoms with E-state index in [-0.39, 0.29) is 32.7 Å². The topological polar surface area (TPSA) is 19.6 Å². The van der Waals surface area contributed by atoms with Crippen LogP contribution in [0.2, 0.25) is 0 Å². The van der Waals surface area contributed by atoms with Gasteiger partial charge in [-0.3, -0.25) is 4.90 Å². The number of hydrogen-bond donors (Lipinski definition) is 0. The number of anilines is 2. The Kier molecular flexibility index (Phi) is 11.7. The molecule has 0 saturated heterocycles. The fraction of sp³-hybridized carbons (Fsp3) is 0.361. The maximum Gasteiger partial charge on any atom is 0.282 e.